The van der Waals surface area contributed by atoms with Crippen molar-refractivity contribution in [2.24, 2.45) is 5.92 Å². The van der Waals surface area contributed by atoms with Crippen LogP contribution in [-0.4, -0.2) is 23.7 Å². The van der Waals surface area contributed by atoms with Crippen LogP contribution >= 0.6 is 0 Å². The van der Waals surface area contributed by atoms with E-state index >= 15 is 0 Å². The van der Waals surface area contributed by atoms with Crippen LogP contribution in [0.3, 0.4) is 0 Å². The molecule has 1 heterocycles. The highest BCUT2D eigenvalue weighted by Gasteiger charge is 2.17. The van der Waals surface area contributed by atoms with E-state index in [1.165, 1.54) is 0 Å². The smallest absolute Gasteiger partial charge is 0.118 e. The second-order valence-electron chi connectivity index (χ2n) is 5.71. The van der Waals surface area contributed by atoms with Crippen LogP contribution in [0.4, 0.5) is 0 Å². The van der Waals surface area contributed by atoms with E-state index in [0.29, 0.717) is 12.5 Å². The van der Waals surface area contributed by atoms with Gasteiger partial charge in [0, 0.05) is 25.0 Å². The van der Waals surface area contributed by atoms with Crippen LogP contribution in [0, 0.1) is 5.92 Å². The molecule has 0 aliphatic carbocycles. The van der Waals surface area contributed by atoms with Gasteiger partial charge in [0.25, 0.3) is 0 Å². The van der Waals surface area contributed by atoms with Gasteiger partial charge in [-0.05, 0) is 35.2 Å². The lowest BCUT2D eigenvalue weighted by molar-refractivity contribution is 0.165. The zero-order valence-electron chi connectivity index (χ0n) is 13.4. The molecule has 4 nitrogen and oxygen atoms in total. The molecule has 4 heteroatoms. The van der Waals surface area contributed by atoms with E-state index < -0.39 is 6.10 Å². The van der Waals surface area contributed by atoms with Crippen molar-refractivity contribution in [3.63, 3.8) is 0 Å². The molecule has 0 radical (unpaired) electrons. The van der Waals surface area contributed by atoms with E-state index in [2.05, 4.69) is 30.2 Å². The molecule has 0 amide bonds. The van der Waals surface area contributed by atoms with Gasteiger partial charge in [-0.1, -0.05) is 32.0 Å². The minimum atomic E-state index is -0.552. The third-order valence-electron chi connectivity index (χ3n) is 3.74. The minimum absolute atomic E-state index is 0.168. The number of rotatable bonds is 7. The summed E-state index contributed by atoms with van der Waals surface area (Å²) in [7, 11) is 1.63. The highest BCUT2D eigenvalue weighted by atomic mass is 16.5. The number of aromatic nitrogens is 1. The lowest BCUT2D eigenvalue weighted by atomic mass is 9.97. The topological polar surface area (TPSA) is 54.4 Å². The summed E-state index contributed by atoms with van der Waals surface area (Å²) in [6.07, 6.45) is 3.09. The summed E-state index contributed by atoms with van der Waals surface area (Å²) < 4.78 is 5.13. The Kier molecular flexibility index (Phi) is 5.92. The first-order chi connectivity index (χ1) is 10.6. The summed E-state index contributed by atoms with van der Waals surface area (Å²) >= 11 is 0. The van der Waals surface area contributed by atoms with Crippen molar-refractivity contribution in [2.75, 3.05) is 13.7 Å². The van der Waals surface area contributed by atoms with Crippen LogP contribution in [0.5, 0.6) is 5.75 Å². The van der Waals surface area contributed by atoms with Gasteiger partial charge in [-0.25, -0.2) is 0 Å². The van der Waals surface area contributed by atoms with Crippen LogP contribution < -0.4 is 10.1 Å². The Labute approximate surface area is 132 Å². The molecule has 1 aromatic carbocycles. The number of hydrogen-bond acceptors (Lipinski definition) is 4. The van der Waals surface area contributed by atoms with Crippen molar-refractivity contribution in [2.45, 2.75) is 26.0 Å². The highest BCUT2D eigenvalue weighted by molar-refractivity contribution is 5.28. The SMILES string of the molecule is COc1ccc(C(O)CNC(c2cccnc2)C(C)C)cc1. The fourth-order valence-corrected chi connectivity index (χ4v) is 2.48. The van der Waals surface area contributed by atoms with Crippen molar-refractivity contribution in [1.29, 1.82) is 0 Å². The molecular weight excluding hydrogens is 276 g/mol. The molecule has 0 aliphatic rings. The zero-order chi connectivity index (χ0) is 15.9. The molecule has 2 N–H and O–H groups in total. The highest BCUT2D eigenvalue weighted by Crippen LogP contribution is 2.22. The first kappa shape index (κ1) is 16.5. The average molecular weight is 300 g/mol. The summed E-state index contributed by atoms with van der Waals surface area (Å²) in [6, 6.07) is 11.7. The van der Waals surface area contributed by atoms with E-state index in [1.807, 2.05) is 36.5 Å². The fraction of sp³-hybridized carbons (Fsp3) is 0.389. The quantitative estimate of drug-likeness (QED) is 0.825. The predicted octanol–water partition coefficient (Wildman–Crippen LogP) is 3.11. The number of ether oxygens (including phenoxy) is 1. The molecule has 0 spiro atoms. The average Bonchev–Trinajstić information content (AvgIpc) is 2.55. The minimum Gasteiger partial charge on any atom is -0.497 e. The van der Waals surface area contributed by atoms with E-state index in [0.717, 1.165) is 16.9 Å². The zero-order valence-corrected chi connectivity index (χ0v) is 13.4. The van der Waals surface area contributed by atoms with Gasteiger partial charge in [-0.2, -0.15) is 0 Å². The number of aliphatic hydroxyl groups is 1. The van der Waals surface area contributed by atoms with Gasteiger partial charge in [0.15, 0.2) is 0 Å². The largest absolute Gasteiger partial charge is 0.497 e. The molecule has 2 atom stereocenters. The Bertz CT molecular complexity index is 555. The molecular formula is C18H24N2O2. The second kappa shape index (κ2) is 7.92. The number of nitrogens with one attached hydrogen (secondary N) is 1. The first-order valence-corrected chi connectivity index (χ1v) is 7.57. The Morgan fingerprint density at radius 1 is 1.14 bits per heavy atom. The van der Waals surface area contributed by atoms with Gasteiger partial charge in [0.2, 0.25) is 0 Å². The maximum Gasteiger partial charge on any atom is 0.118 e. The molecule has 2 unspecified atom stereocenters. The standard InChI is InChI=1S/C18H24N2O2/c1-13(2)18(15-5-4-10-19-11-15)20-12-17(21)14-6-8-16(22-3)9-7-14/h4-11,13,17-18,20-21H,12H2,1-3H3. The van der Waals surface area contributed by atoms with Crippen LogP contribution in [0.2, 0.25) is 0 Å². The van der Waals surface area contributed by atoms with E-state index in [9.17, 15) is 5.11 Å². The lowest BCUT2D eigenvalue weighted by Gasteiger charge is -2.24. The van der Waals surface area contributed by atoms with Crippen molar-refractivity contribution < 1.29 is 9.84 Å². The Hall–Kier alpha value is -1.91. The molecule has 0 bridgehead atoms. The van der Waals surface area contributed by atoms with Gasteiger partial charge in [-0.15, -0.1) is 0 Å². The number of pyridine rings is 1. The molecule has 2 aromatic rings. The molecule has 0 saturated heterocycles. The Morgan fingerprint density at radius 2 is 1.86 bits per heavy atom. The number of methoxy groups -OCH3 is 1. The number of nitrogens with zero attached hydrogens (tertiary/aromatic N) is 1. The summed E-state index contributed by atoms with van der Waals surface area (Å²) in [5.74, 6) is 1.20. The monoisotopic (exact) mass is 300 g/mol. The van der Waals surface area contributed by atoms with Crippen molar-refractivity contribution >= 4 is 0 Å². The Morgan fingerprint density at radius 3 is 2.41 bits per heavy atom. The van der Waals surface area contributed by atoms with Crippen molar-refractivity contribution in [3.05, 3.63) is 59.9 Å². The molecule has 0 aliphatic heterocycles. The van der Waals surface area contributed by atoms with Gasteiger partial charge < -0.3 is 15.2 Å². The van der Waals surface area contributed by atoms with Crippen LogP contribution in [0.25, 0.3) is 0 Å². The predicted molar refractivity (Wildman–Crippen MR) is 87.8 cm³/mol. The van der Waals surface area contributed by atoms with Crippen molar-refractivity contribution in [1.82, 2.24) is 10.3 Å². The molecule has 1 aromatic heterocycles. The number of aliphatic hydroxyl groups excluding tert-OH is 1. The third-order valence-corrected chi connectivity index (χ3v) is 3.74. The molecule has 0 fully saturated rings. The van der Waals surface area contributed by atoms with E-state index in [-0.39, 0.29) is 6.04 Å². The second-order valence-corrected chi connectivity index (χ2v) is 5.71. The molecule has 118 valence electrons. The van der Waals surface area contributed by atoms with Crippen LogP contribution in [0.15, 0.2) is 48.8 Å². The maximum atomic E-state index is 10.3. The normalized spacial score (nSPS) is 13.9. The Balaban J connectivity index is 1.99. The number of hydrogen-bond donors (Lipinski definition) is 2. The number of benzene rings is 1. The van der Waals surface area contributed by atoms with Gasteiger partial charge in [-0.3, -0.25) is 4.98 Å². The van der Waals surface area contributed by atoms with Gasteiger partial charge in [0.1, 0.15) is 5.75 Å². The fourth-order valence-electron chi connectivity index (χ4n) is 2.48. The van der Waals surface area contributed by atoms with Crippen LogP contribution in [-0.2, 0) is 0 Å². The summed E-state index contributed by atoms with van der Waals surface area (Å²) in [6.45, 7) is 4.80. The van der Waals surface area contributed by atoms with E-state index in [4.69, 9.17) is 4.74 Å². The van der Waals surface area contributed by atoms with Crippen LogP contribution in [0.1, 0.15) is 37.1 Å². The van der Waals surface area contributed by atoms with Crippen molar-refractivity contribution in [3.8, 4) is 5.75 Å². The first-order valence-electron chi connectivity index (χ1n) is 7.57. The lowest BCUT2D eigenvalue weighted by Crippen LogP contribution is -2.30. The van der Waals surface area contributed by atoms with E-state index in [1.54, 1.807) is 13.3 Å². The maximum absolute atomic E-state index is 10.3. The summed E-state index contributed by atoms with van der Waals surface area (Å²) in [5, 5.41) is 13.8. The molecule has 2 rings (SSSR count). The molecule has 0 saturated carbocycles. The third kappa shape index (κ3) is 4.29. The molecule has 22 heavy (non-hydrogen) atoms. The summed E-state index contributed by atoms with van der Waals surface area (Å²) in [4.78, 5) is 4.18. The van der Waals surface area contributed by atoms with Gasteiger partial charge >= 0.3 is 0 Å². The van der Waals surface area contributed by atoms with Gasteiger partial charge in [0.05, 0.1) is 13.2 Å². The summed E-state index contributed by atoms with van der Waals surface area (Å²) in [5.41, 5.74) is 2.02.